The Hall–Kier alpha value is -2.48. The second-order valence-corrected chi connectivity index (χ2v) is 20.9. The van der Waals surface area contributed by atoms with Crippen molar-refractivity contribution in [3.63, 3.8) is 0 Å². The van der Waals surface area contributed by atoms with Crippen molar-refractivity contribution in [2.75, 3.05) is 22.9 Å². The predicted molar refractivity (Wildman–Crippen MR) is 274 cm³/mol. The lowest BCUT2D eigenvalue weighted by Gasteiger charge is -2.25. The first-order chi connectivity index (χ1) is 29.6. The molecule has 4 rings (SSSR count). The minimum absolute atomic E-state index is 0.0365. The lowest BCUT2D eigenvalue weighted by Crippen LogP contribution is -2.26. The van der Waals surface area contributed by atoms with Crippen molar-refractivity contribution < 1.29 is 0 Å². The fourth-order valence-electron chi connectivity index (χ4n) is 10.5. The summed E-state index contributed by atoms with van der Waals surface area (Å²) in [6.07, 6.45) is 46.1. The van der Waals surface area contributed by atoms with Gasteiger partial charge in [0, 0.05) is 46.7 Å². The number of anilines is 2. The molecule has 0 spiro atoms. The summed E-state index contributed by atoms with van der Waals surface area (Å²) in [6.45, 7) is 25.6. The van der Waals surface area contributed by atoms with Gasteiger partial charge < -0.3 is 9.80 Å². The number of benzene rings is 2. The third-order valence-electron chi connectivity index (χ3n) is 15.0. The van der Waals surface area contributed by atoms with E-state index in [1.165, 1.54) is 250 Å². The van der Waals surface area contributed by atoms with Crippen LogP contribution < -0.4 is 9.80 Å². The second kappa shape index (κ2) is 28.3. The molecule has 61 heavy (non-hydrogen) atoms. The Morgan fingerprint density at radius 3 is 0.869 bits per heavy atom. The monoisotopic (exact) mass is 835 g/mol. The van der Waals surface area contributed by atoms with Crippen molar-refractivity contribution in [2.24, 2.45) is 0 Å². The highest BCUT2D eigenvalue weighted by Gasteiger charge is 2.40. The predicted octanol–water partition coefficient (Wildman–Crippen LogP) is 19.0. The molecule has 0 atom stereocenters. The van der Waals surface area contributed by atoms with Crippen LogP contribution in [0.25, 0.3) is 0 Å². The quantitative estimate of drug-likeness (QED) is 0.0631. The van der Waals surface area contributed by atoms with Crippen LogP contribution in [0.2, 0.25) is 0 Å². The van der Waals surface area contributed by atoms with E-state index in [0.29, 0.717) is 0 Å². The molecule has 0 aliphatic carbocycles. The maximum Gasteiger partial charge on any atom is 0.0450 e. The largest absolute Gasteiger partial charge is 0.345 e. The zero-order chi connectivity index (χ0) is 43.8. The maximum atomic E-state index is 4.66. The van der Waals surface area contributed by atoms with Crippen LogP contribution in [0, 0.1) is 0 Å². The number of hydrogen-bond donors (Lipinski definition) is 0. The van der Waals surface area contributed by atoms with Gasteiger partial charge in [0.25, 0.3) is 0 Å². The smallest absolute Gasteiger partial charge is 0.0450 e. The summed E-state index contributed by atoms with van der Waals surface area (Å²) in [5, 5.41) is 0. The fourth-order valence-corrected chi connectivity index (χ4v) is 10.5. The molecule has 0 N–H and O–H groups in total. The van der Waals surface area contributed by atoms with E-state index < -0.39 is 0 Å². The lowest BCUT2D eigenvalue weighted by atomic mass is 9.82. The van der Waals surface area contributed by atoms with Gasteiger partial charge in [-0.3, -0.25) is 0 Å². The summed E-state index contributed by atoms with van der Waals surface area (Å²) < 4.78 is 0. The van der Waals surface area contributed by atoms with Gasteiger partial charge in [-0.2, -0.15) is 0 Å². The number of fused-ring (bicyclic) bond motifs is 2. The Labute approximate surface area is 380 Å². The van der Waals surface area contributed by atoms with E-state index in [9.17, 15) is 0 Å². The molecule has 344 valence electrons. The highest BCUT2D eigenvalue weighted by Crippen LogP contribution is 2.49. The first-order valence-corrected chi connectivity index (χ1v) is 26.8. The molecule has 0 radical (unpaired) electrons. The zero-order valence-corrected chi connectivity index (χ0v) is 41.5. The number of allylic oxidation sites excluding steroid dienone is 2. The minimum atomic E-state index is -0.0365. The summed E-state index contributed by atoms with van der Waals surface area (Å²) in [5.41, 5.74) is 10.9. The van der Waals surface area contributed by atoms with Crippen LogP contribution in [0.4, 0.5) is 11.4 Å². The zero-order valence-electron chi connectivity index (χ0n) is 41.5. The van der Waals surface area contributed by atoms with Crippen LogP contribution in [-0.4, -0.2) is 13.1 Å². The SMILES string of the molecule is C=C1N(CCCCCCCCCCCCCCCCCC)c2ccc(Cc3ccc4c(c3)C(C)(C)C(=C)N4CCCCCCCCCCCCCCCCCC)cc2C1(C)C. The van der Waals surface area contributed by atoms with Crippen LogP contribution in [0.1, 0.15) is 269 Å². The van der Waals surface area contributed by atoms with E-state index in [1.807, 2.05) is 0 Å². The van der Waals surface area contributed by atoms with Crippen LogP contribution in [-0.2, 0) is 17.3 Å². The topological polar surface area (TPSA) is 6.48 Å². The van der Waals surface area contributed by atoms with E-state index in [1.54, 1.807) is 0 Å². The second-order valence-electron chi connectivity index (χ2n) is 20.9. The maximum absolute atomic E-state index is 4.66. The van der Waals surface area contributed by atoms with Gasteiger partial charge in [-0.15, -0.1) is 0 Å². The Morgan fingerprint density at radius 1 is 0.361 bits per heavy atom. The average molecular weight is 835 g/mol. The number of rotatable bonds is 36. The Kier molecular flexibility index (Phi) is 23.8. The van der Waals surface area contributed by atoms with Crippen LogP contribution in [0.5, 0.6) is 0 Å². The molecule has 0 bridgehead atoms. The molecule has 2 aliphatic rings. The van der Waals surface area contributed by atoms with Gasteiger partial charge in [-0.1, -0.05) is 272 Å². The van der Waals surface area contributed by atoms with Gasteiger partial charge in [0.05, 0.1) is 0 Å². The van der Waals surface area contributed by atoms with Crippen LogP contribution in [0.15, 0.2) is 61.0 Å². The summed E-state index contributed by atoms with van der Waals surface area (Å²) in [6, 6.07) is 14.6. The number of nitrogens with zero attached hydrogens (tertiary/aromatic N) is 2. The number of unbranched alkanes of at least 4 members (excludes halogenated alkanes) is 30. The van der Waals surface area contributed by atoms with Gasteiger partial charge in [-0.25, -0.2) is 0 Å². The summed E-state index contributed by atoms with van der Waals surface area (Å²) in [7, 11) is 0. The van der Waals surface area contributed by atoms with Gasteiger partial charge >= 0.3 is 0 Å². The molecule has 0 aromatic heterocycles. The molecule has 2 aromatic rings. The molecule has 0 amide bonds. The minimum Gasteiger partial charge on any atom is -0.345 e. The van der Waals surface area contributed by atoms with Gasteiger partial charge in [0.1, 0.15) is 0 Å². The molecule has 2 heteroatoms. The Balaban J connectivity index is 1.13. The van der Waals surface area contributed by atoms with E-state index >= 15 is 0 Å². The molecular weight excluding hydrogens is 737 g/mol. The van der Waals surface area contributed by atoms with Crippen molar-refractivity contribution in [1.29, 1.82) is 0 Å². The molecule has 2 aliphatic heterocycles. The van der Waals surface area contributed by atoms with Crippen LogP contribution in [0.3, 0.4) is 0 Å². The van der Waals surface area contributed by atoms with Crippen molar-refractivity contribution in [3.05, 3.63) is 83.2 Å². The van der Waals surface area contributed by atoms with E-state index in [4.69, 9.17) is 0 Å². The van der Waals surface area contributed by atoms with Crippen molar-refractivity contribution in [3.8, 4) is 0 Å². The molecule has 2 aromatic carbocycles. The van der Waals surface area contributed by atoms with E-state index in [-0.39, 0.29) is 10.8 Å². The first kappa shape index (κ1) is 51.2. The first-order valence-electron chi connectivity index (χ1n) is 26.8. The van der Waals surface area contributed by atoms with Gasteiger partial charge in [0.15, 0.2) is 0 Å². The highest BCUT2D eigenvalue weighted by atomic mass is 15.2. The normalized spacial score (nSPS) is 15.3. The molecule has 0 saturated heterocycles. The lowest BCUT2D eigenvalue weighted by molar-refractivity contribution is 0.529. The Morgan fingerprint density at radius 2 is 0.607 bits per heavy atom. The molecule has 0 unspecified atom stereocenters. The molecule has 0 fully saturated rings. The Bertz CT molecular complexity index is 1410. The van der Waals surface area contributed by atoms with Crippen molar-refractivity contribution >= 4 is 11.4 Å². The number of hydrogen-bond acceptors (Lipinski definition) is 2. The van der Waals surface area contributed by atoms with Gasteiger partial charge in [-0.05, 0) is 53.6 Å². The van der Waals surface area contributed by atoms with Gasteiger partial charge in [0.2, 0.25) is 0 Å². The van der Waals surface area contributed by atoms with E-state index in [0.717, 1.165) is 19.5 Å². The third kappa shape index (κ3) is 16.5. The molecular formula is C59H98N2. The summed E-state index contributed by atoms with van der Waals surface area (Å²) >= 11 is 0. The standard InChI is InChI=1S/C59H98N2/c1-9-11-13-15-17-19-21-23-25-27-29-31-33-35-37-39-45-60-50(3)58(5,6)54-48-52(41-43-56(54)60)47-53-42-44-57-55(49-53)59(7,8)51(4)61(57)46-40-38-36-34-32-30-28-26-24-22-20-18-16-14-12-10-2/h41-44,48-49H,3-4,9-40,45-47H2,1-2,5-8H3. The molecule has 2 nitrogen and oxygen atoms in total. The molecule has 2 heterocycles. The average Bonchev–Trinajstić information content (AvgIpc) is 3.56. The van der Waals surface area contributed by atoms with Crippen LogP contribution >= 0.6 is 0 Å². The summed E-state index contributed by atoms with van der Waals surface area (Å²) in [4.78, 5) is 5.08. The van der Waals surface area contributed by atoms with Crippen molar-refractivity contribution in [1.82, 2.24) is 0 Å². The van der Waals surface area contributed by atoms with E-state index in [2.05, 4.69) is 101 Å². The molecule has 0 saturated carbocycles. The highest BCUT2D eigenvalue weighted by molar-refractivity contribution is 5.72. The fraction of sp³-hybridized carbons (Fsp3) is 0.729. The van der Waals surface area contributed by atoms with Crippen molar-refractivity contribution in [2.45, 2.75) is 264 Å². The summed E-state index contributed by atoms with van der Waals surface area (Å²) in [5.74, 6) is 0. The third-order valence-corrected chi connectivity index (χ3v) is 15.0.